The summed E-state index contributed by atoms with van der Waals surface area (Å²) >= 11 is 11.5. The minimum absolute atomic E-state index is 0.182. The summed E-state index contributed by atoms with van der Waals surface area (Å²) in [6, 6.07) is 3.68. The molecule has 1 fully saturated rings. The molecule has 2 heterocycles. The fraction of sp³-hybridized carbons (Fsp3) is 0.500. The second-order valence-electron chi connectivity index (χ2n) is 5.05. The van der Waals surface area contributed by atoms with Crippen molar-refractivity contribution in [3.05, 3.63) is 28.2 Å². The molecule has 0 N–H and O–H groups in total. The van der Waals surface area contributed by atoms with Crippen LogP contribution in [0.3, 0.4) is 0 Å². The lowest BCUT2D eigenvalue weighted by atomic mass is 10.1. The highest BCUT2D eigenvalue weighted by Crippen LogP contribution is 2.35. The standard InChI is InChI=1S/C14H15BrClFN2S/c1-8(16)14-18-12-6-10(15)11(17)7-13(12)19(14)9-2-4-20-5-3-9/h6-9H,2-5H2,1H3. The number of thioether (sulfide) groups is 1. The van der Waals surface area contributed by atoms with Gasteiger partial charge in [0, 0.05) is 12.1 Å². The van der Waals surface area contributed by atoms with Gasteiger partial charge >= 0.3 is 0 Å². The van der Waals surface area contributed by atoms with Gasteiger partial charge in [-0.15, -0.1) is 11.6 Å². The van der Waals surface area contributed by atoms with Gasteiger partial charge in [-0.1, -0.05) is 0 Å². The van der Waals surface area contributed by atoms with Gasteiger partial charge in [0.1, 0.15) is 11.6 Å². The molecule has 108 valence electrons. The molecular weight excluding hydrogens is 363 g/mol. The zero-order valence-electron chi connectivity index (χ0n) is 11.1. The molecule has 0 amide bonds. The minimum atomic E-state index is -0.252. The number of nitrogens with zero attached hydrogens (tertiary/aromatic N) is 2. The maximum Gasteiger partial charge on any atom is 0.139 e. The predicted molar refractivity (Wildman–Crippen MR) is 87.3 cm³/mol. The van der Waals surface area contributed by atoms with E-state index in [1.165, 1.54) is 0 Å². The van der Waals surface area contributed by atoms with E-state index < -0.39 is 0 Å². The first-order chi connectivity index (χ1) is 9.58. The molecule has 1 atom stereocenters. The van der Waals surface area contributed by atoms with Gasteiger partial charge in [0.05, 0.1) is 20.9 Å². The van der Waals surface area contributed by atoms with Gasteiger partial charge in [0.15, 0.2) is 0 Å². The summed E-state index contributed by atoms with van der Waals surface area (Å²) in [5, 5.41) is -0.182. The van der Waals surface area contributed by atoms with Crippen molar-refractivity contribution in [3.8, 4) is 0 Å². The molecule has 1 aliphatic heterocycles. The largest absolute Gasteiger partial charge is 0.323 e. The van der Waals surface area contributed by atoms with Crippen LogP contribution < -0.4 is 0 Å². The number of hydrogen-bond donors (Lipinski definition) is 0. The van der Waals surface area contributed by atoms with E-state index in [1.54, 1.807) is 12.1 Å². The molecule has 2 nitrogen and oxygen atoms in total. The Balaban J connectivity index is 2.20. The van der Waals surface area contributed by atoms with Crippen LogP contribution in [-0.2, 0) is 0 Å². The number of alkyl halides is 1. The van der Waals surface area contributed by atoms with Gasteiger partial charge < -0.3 is 4.57 Å². The van der Waals surface area contributed by atoms with Gasteiger partial charge in [-0.2, -0.15) is 11.8 Å². The number of halogens is 3. The average Bonchev–Trinajstić information content (AvgIpc) is 2.79. The topological polar surface area (TPSA) is 17.8 Å². The smallest absolute Gasteiger partial charge is 0.139 e. The molecule has 2 aromatic rings. The molecule has 1 aromatic heterocycles. The van der Waals surface area contributed by atoms with Crippen molar-refractivity contribution >= 4 is 50.3 Å². The Bertz CT molecular complexity index is 638. The molecule has 3 rings (SSSR count). The Hall–Kier alpha value is -0.260. The second kappa shape index (κ2) is 5.85. The first-order valence-electron chi connectivity index (χ1n) is 6.66. The quantitative estimate of drug-likeness (QED) is 0.660. The van der Waals surface area contributed by atoms with Crippen LogP contribution in [0.15, 0.2) is 16.6 Å². The Labute approximate surface area is 135 Å². The number of benzene rings is 1. The third kappa shape index (κ3) is 2.60. The molecule has 0 bridgehead atoms. The number of fused-ring (bicyclic) bond motifs is 1. The zero-order chi connectivity index (χ0) is 14.3. The Morgan fingerprint density at radius 3 is 2.80 bits per heavy atom. The lowest BCUT2D eigenvalue weighted by Gasteiger charge is -2.26. The van der Waals surface area contributed by atoms with Crippen LogP contribution in [0.2, 0.25) is 0 Å². The van der Waals surface area contributed by atoms with E-state index in [9.17, 15) is 4.39 Å². The highest BCUT2D eigenvalue weighted by Gasteiger charge is 2.24. The molecule has 0 aliphatic carbocycles. The van der Waals surface area contributed by atoms with Gasteiger partial charge in [0.2, 0.25) is 0 Å². The summed E-state index contributed by atoms with van der Waals surface area (Å²) in [5.41, 5.74) is 1.66. The summed E-state index contributed by atoms with van der Waals surface area (Å²) in [5.74, 6) is 2.87. The summed E-state index contributed by atoms with van der Waals surface area (Å²) in [7, 11) is 0. The highest BCUT2D eigenvalue weighted by molar-refractivity contribution is 9.10. The van der Waals surface area contributed by atoms with Crippen LogP contribution >= 0.6 is 39.3 Å². The van der Waals surface area contributed by atoms with Crippen molar-refractivity contribution in [2.45, 2.75) is 31.2 Å². The van der Waals surface area contributed by atoms with Crippen LogP contribution in [0.25, 0.3) is 11.0 Å². The van der Waals surface area contributed by atoms with Crippen LogP contribution in [0.4, 0.5) is 4.39 Å². The molecular formula is C14H15BrClFN2S. The fourth-order valence-electron chi connectivity index (χ4n) is 2.72. The van der Waals surface area contributed by atoms with Crippen molar-refractivity contribution in [2.24, 2.45) is 0 Å². The number of imidazole rings is 1. The number of rotatable bonds is 2. The molecule has 20 heavy (non-hydrogen) atoms. The maximum atomic E-state index is 13.9. The highest BCUT2D eigenvalue weighted by atomic mass is 79.9. The lowest BCUT2D eigenvalue weighted by Crippen LogP contribution is -2.17. The van der Waals surface area contributed by atoms with E-state index in [1.807, 2.05) is 18.7 Å². The molecule has 0 spiro atoms. The summed E-state index contributed by atoms with van der Waals surface area (Å²) in [6.45, 7) is 1.92. The Morgan fingerprint density at radius 2 is 2.15 bits per heavy atom. The summed E-state index contributed by atoms with van der Waals surface area (Å²) in [4.78, 5) is 4.62. The Kier molecular flexibility index (Phi) is 4.29. The van der Waals surface area contributed by atoms with Crippen LogP contribution in [-0.4, -0.2) is 21.1 Å². The second-order valence-corrected chi connectivity index (χ2v) is 7.79. The fourth-order valence-corrected chi connectivity index (χ4v) is 4.28. The normalized spacial score (nSPS) is 18.6. The van der Waals surface area contributed by atoms with Crippen molar-refractivity contribution in [1.29, 1.82) is 0 Å². The van der Waals surface area contributed by atoms with E-state index in [-0.39, 0.29) is 11.2 Å². The first kappa shape index (κ1) is 14.7. The predicted octanol–water partition coefficient (Wildman–Crippen LogP) is 5.31. The molecule has 1 saturated heterocycles. The Morgan fingerprint density at radius 1 is 1.45 bits per heavy atom. The van der Waals surface area contributed by atoms with Crippen LogP contribution in [0, 0.1) is 5.82 Å². The van der Waals surface area contributed by atoms with Crippen LogP contribution in [0.1, 0.15) is 37.0 Å². The van der Waals surface area contributed by atoms with E-state index >= 15 is 0 Å². The summed E-state index contributed by atoms with van der Waals surface area (Å²) in [6.07, 6.45) is 2.18. The van der Waals surface area contributed by atoms with Crippen molar-refractivity contribution in [2.75, 3.05) is 11.5 Å². The van der Waals surface area contributed by atoms with Crippen LogP contribution in [0.5, 0.6) is 0 Å². The first-order valence-corrected chi connectivity index (χ1v) is 9.05. The number of aromatic nitrogens is 2. The van der Waals surface area contributed by atoms with Gasteiger partial charge in [-0.25, -0.2) is 9.37 Å². The molecule has 1 unspecified atom stereocenters. The number of hydrogen-bond acceptors (Lipinski definition) is 2. The van der Waals surface area contributed by atoms with E-state index in [0.29, 0.717) is 10.5 Å². The molecule has 1 aliphatic rings. The molecule has 0 saturated carbocycles. The van der Waals surface area contributed by atoms with Gasteiger partial charge in [-0.3, -0.25) is 0 Å². The van der Waals surface area contributed by atoms with Gasteiger partial charge in [0.25, 0.3) is 0 Å². The van der Waals surface area contributed by atoms with Crippen molar-refractivity contribution in [1.82, 2.24) is 9.55 Å². The van der Waals surface area contributed by atoms with Gasteiger partial charge in [-0.05, 0) is 53.3 Å². The van der Waals surface area contributed by atoms with Crippen molar-refractivity contribution in [3.63, 3.8) is 0 Å². The maximum absolute atomic E-state index is 13.9. The molecule has 0 radical (unpaired) electrons. The van der Waals surface area contributed by atoms with Crippen molar-refractivity contribution < 1.29 is 4.39 Å². The van der Waals surface area contributed by atoms with E-state index in [4.69, 9.17) is 11.6 Å². The average molecular weight is 378 g/mol. The third-order valence-electron chi connectivity index (χ3n) is 3.67. The van der Waals surface area contributed by atoms with E-state index in [0.717, 1.165) is 41.2 Å². The van der Waals surface area contributed by atoms with E-state index in [2.05, 4.69) is 25.5 Å². The minimum Gasteiger partial charge on any atom is -0.323 e. The lowest BCUT2D eigenvalue weighted by molar-refractivity contribution is 0.464. The summed E-state index contributed by atoms with van der Waals surface area (Å²) < 4.78 is 16.5. The zero-order valence-corrected chi connectivity index (χ0v) is 14.2. The monoisotopic (exact) mass is 376 g/mol. The third-order valence-corrected chi connectivity index (χ3v) is 5.52. The molecule has 1 aromatic carbocycles. The SMILES string of the molecule is CC(Cl)c1nc2cc(Br)c(F)cc2n1C1CCSCC1. The molecule has 6 heteroatoms.